The summed E-state index contributed by atoms with van der Waals surface area (Å²) in [6.45, 7) is 1.44. The summed E-state index contributed by atoms with van der Waals surface area (Å²) >= 11 is 0. The number of primary amides is 2. The first-order valence-electron chi connectivity index (χ1n) is 10.3. The van der Waals surface area contributed by atoms with E-state index in [1.165, 1.54) is 6.92 Å². The Labute approximate surface area is 195 Å². The number of carbonyl (C=O) groups is 6. The Morgan fingerprint density at radius 2 is 1.41 bits per heavy atom. The molecule has 4 atom stereocenters. The summed E-state index contributed by atoms with van der Waals surface area (Å²) in [5, 5.41) is 16.2. The first-order valence-corrected chi connectivity index (χ1v) is 10.3. The van der Waals surface area contributed by atoms with E-state index in [0.29, 0.717) is 0 Å². The molecular formula is C18H33N9O7. The Morgan fingerprint density at radius 1 is 0.824 bits per heavy atom. The van der Waals surface area contributed by atoms with Crippen molar-refractivity contribution in [3.05, 3.63) is 0 Å². The zero-order valence-corrected chi connectivity index (χ0v) is 18.8. The summed E-state index contributed by atoms with van der Waals surface area (Å²) in [7, 11) is 0. The van der Waals surface area contributed by atoms with Gasteiger partial charge in [-0.15, -0.1) is 0 Å². The molecule has 0 saturated heterocycles. The van der Waals surface area contributed by atoms with E-state index in [4.69, 9.17) is 28.7 Å². The van der Waals surface area contributed by atoms with Crippen LogP contribution in [0.3, 0.4) is 0 Å². The molecule has 0 fully saturated rings. The standard InChI is InChI=1S/C18H33N9O7/c1-8(25-15(31)9(19)7-13(21)29)14(30)26-10(3-2-6-24-18(22)23)16(32)27-11(17(33)34)4-5-12(20)28/h8-11H,2-7,19H2,1H3,(H2,20,28)(H2,21,29)(H,25,31)(H,26,30)(H,27,32)(H,33,34)(H4,22,23,24). The highest BCUT2D eigenvalue weighted by Crippen LogP contribution is 2.04. The molecule has 0 aliphatic heterocycles. The highest BCUT2D eigenvalue weighted by Gasteiger charge is 2.29. The number of nitrogens with one attached hydrogen (secondary N) is 3. The van der Waals surface area contributed by atoms with Gasteiger partial charge in [-0.2, -0.15) is 0 Å². The molecule has 5 amide bonds. The highest BCUT2D eigenvalue weighted by atomic mass is 16.4. The lowest BCUT2D eigenvalue weighted by molar-refractivity contribution is -0.142. The van der Waals surface area contributed by atoms with Gasteiger partial charge in [0.15, 0.2) is 5.96 Å². The van der Waals surface area contributed by atoms with Crippen LogP contribution in [0.25, 0.3) is 0 Å². The van der Waals surface area contributed by atoms with Gasteiger partial charge < -0.3 is 49.7 Å². The second kappa shape index (κ2) is 15.0. The van der Waals surface area contributed by atoms with Gasteiger partial charge in [0.1, 0.15) is 18.1 Å². The van der Waals surface area contributed by atoms with Gasteiger partial charge in [-0.05, 0) is 26.2 Å². The van der Waals surface area contributed by atoms with Crippen molar-refractivity contribution in [3.8, 4) is 0 Å². The number of nitrogens with zero attached hydrogens (tertiary/aromatic N) is 1. The number of nitrogens with two attached hydrogens (primary N) is 5. The van der Waals surface area contributed by atoms with Crippen LogP contribution in [0.15, 0.2) is 4.99 Å². The zero-order chi connectivity index (χ0) is 26.4. The average Bonchev–Trinajstić information content (AvgIpc) is 2.71. The van der Waals surface area contributed by atoms with Crippen LogP contribution in [-0.4, -0.2) is 77.3 Å². The Morgan fingerprint density at radius 3 is 1.91 bits per heavy atom. The lowest BCUT2D eigenvalue weighted by atomic mass is 10.1. The number of carboxylic acids is 1. The summed E-state index contributed by atoms with van der Waals surface area (Å²) in [5.41, 5.74) is 26.0. The Hall–Kier alpha value is -3.95. The van der Waals surface area contributed by atoms with E-state index in [-0.39, 0.29) is 38.2 Å². The second-order valence-corrected chi connectivity index (χ2v) is 7.42. The van der Waals surface area contributed by atoms with E-state index in [1.54, 1.807) is 0 Å². The molecule has 0 aromatic carbocycles. The van der Waals surface area contributed by atoms with Crippen LogP contribution >= 0.6 is 0 Å². The molecule has 192 valence electrons. The fraction of sp³-hybridized carbons (Fsp3) is 0.611. The van der Waals surface area contributed by atoms with E-state index >= 15 is 0 Å². The van der Waals surface area contributed by atoms with Crippen molar-refractivity contribution in [2.75, 3.05) is 6.54 Å². The predicted molar refractivity (Wildman–Crippen MR) is 119 cm³/mol. The topological polar surface area (TPSA) is 301 Å². The van der Waals surface area contributed by atoms with E-state index in [1.807, 2.05) is 0 Å². The van der Waals surface area contributed by atoms with Crippen LogP contribution in [0.4, 0.5) is 0 Å². The fourth-order valence-corrected chi connectivity index (χ4v) is 2.58. The molecule has 0 aliphatic carbocycles. The van der Waals surface area contributed by atoms with E-state index < -0.39 is 66.1 Å². The van der Waals surface area contributed by atoms with Crippen LogP contribution in [0.1, 0.15) is 39.0 Å². The minimum atomic E-state index is -1.43. The molecule has 0 spiro atoms. The molecular weight excluding hydrogens is 454 g/mol. The molecule has 16 heteroatoms. The number of hydrogen-bond acceptors (Lipinski definition) is 8. The number of hydrogen-bond donors (Lipinski definition) is 9. The molecule has 16 nitrogen and oxygen atoms in total. The maximum absolute atomic E-state index is 12.7. The summed E-state index contributed by atoms with van der Waals surface area (Å²) in [6.07, 6.45) is -0.724. The maximum atomic E-state index is 12.7. The molecule has 0 aromatic rings. The van der Waals surface area contributed by atoms with Gasteiger partial charge in [0.05, 0.1) is 12.5 Å². The summed E-state index contributed by atoms with van der Waals surface area (Å²) in [6, 6.07) is -5.09. The van der Waals surface area contributed by atoms with Crippen LogP contribution in [0, 0.1) is 0 Å². The monoisotopic (exact) mass is 487 g/mol. The van der Waals surface area contributed by atoms with Crippen molar-refractivity contribution in [2.45, 2.75) is 63.2 Å². The van der Waals surface area contributed by atoms with Crippen molar-refractivity contribution >= 4 is 41.5 Å². The van der Waals surface area contributed by atoms with Crippen LogP contribution in [-0.2, 0) is 28.8 Å². The molecule has 0 radical (unpaired) electrons. The van der Waals surface area contributed by atoms with Crippen molar-refractivity contribution in [1.82, 2.24) is 16.0 Å². The Balaban J connectivity index is 5.29. The number of carboxylic acid groups (broad SMARTS) is 1. The third-order valence-electron chi connectivity index (χ3n) is 4.38. The lowest BCUT2D eigenvalue weighted by Crippen LogP contribution is -2.56. The molecule has 0 aliphatic rings. The normalized spacial score (nSPS) is 13.9. The molecule has 4 unspecified atom stereocenters. The van der Waals surface area contributed by atoms with E-state index in [2.05, 4.69) is 20.9 Å². The predicted octanol–water partition coefficient (Wildman–Crippen LogP) is -4.93. The van der Waals surface area contributed by atoms with Gasteiger partial charge in [0.25, 0.3) is 0 Å². The average molecular weight is 488 g/mol. The van der Waals surface area contributed by atoms with Gasteiger partial charge in [-0.25, -0.2) is 4.79 Å². The third kappa shape index (κ3) is 12.8. The summed E-state index contributed by atoms with van der Waals surface area (Å²) in [5.74, 6) is -5.57. The van der Waals surface area contributed by atoms with Gasteiger partial charge in [-0.3, -0.25) is 29.0 Å². The molecule has 34 heavy (non-hydrogen) atoms. The maximum Gasteiger partial charge on any atom is 0.326 e. The summed E-state index contributed by atoms with van der Waals surface area (Å²) < 4.78 is 0. The minimum Gasteiger partial charge on any atom is -0.480 e. The first-order chi connectivity index (χ1) is 15.7. The fourth-order valence-electron chi connectivity index (χ4n) is 2.58. The van der Waals surface area contributed by atoms with Crippen molar-refractivity contribution < 1.29 is 33.9 Å². The number of guanidine groups is 1. The Bertz CT molecular complexity index is 799. The van der Waals surface area contributed by atoms with Crippen LogP contribution in [0.2, 0.25) is 0 Å². The van der Waals surface area contributed by atoms with Crippen molar-refractivity contribution in [3.63, 3.8) is 0 Å². The second-order valence-electron chi connectivity index (χ2n) is 7.42. The number of carbonyl (C=O) groups excluding carboxylic acids is 5. The SMILES string of the molecule is CC(NC(=O)C(N)CC(N)=O)C(=O)NC(CCCN=C(N)N)C(=O)NC(CCC(N)=O)C(=O)O. The molecule has 0 saturated carbocycles. The minimum absolute atomic E-state index is 0.0123. The van der Waals surface area contributed by atoms with E-state index in [9.17, 15) is 33.9 Å². The quantitative estimate of drug-likeness (QED) is 0.0567. The molecule has 0 rings (SSSR count). The lowest BCUT2D eigenvalue weighted by Gasteiger charge is -2.23. The zero-order valence-electron chi connectivity index (χ0n) is 18.8. The molecule has 14 N–H and O–H groups in total. The third-order valence-corrected chi connectivity index (χ3v) is 4.38. The number of aliphatic imine (C=N–C) groups is 1. The summed E-state index contributed by atoms with van der Waals surface area (Å²) in [4.78, 5) is 74.2. The highest BCUT2D eigenvalue weighted by molar-refractivity contribution is 5.94. The van der Waals surface area contributed by atoms with Gasteiger partial charge >= 0.3 is 5.97 Å². The largest absolute Gasteiger partial charge is 0.480 e. The molecule has 0 heterocycles. The number of aliphatic carboxylic acids is 1. The van der Waals surface area contributed by atoms with Crippen molar-refractivity contribution in [2.24, 2.45) is 33.7 Å². The Kier molecular flexibility index (Phi) is 13.2. The van der Waals surface area contributed by atoms with E-state index in [0.717, 1.165) is 0 Å². The number of rotatable bonds is 16. The molecule has 0 aromatic heterocycles. The first kappa shape index (κ1) is 30.1. The van der Waals surface area contributed by atoms with Gasteiger partial charge in [-0.1, -0.05) is 0 Å². The number of amides is 5. The van der Waals surface area contributed by atoms with Crippen LogP contribution in [0.5, 0.6) is 0 Å². The van der Waals surface area contributed by atoms with Crippen molar-refractivity contribution in [1.29, 1.82) is 0 Å². The van der Waals surface area contributed by atoms with Gasteiger partial charge in [0.2, 0.25) is 29.5 Å². The molecule has 0 bridgehead atoms. The van der Waals surface area contributed by atoms with Gasteiger partial charge in [0, 0.05) is 13.0 Å². The smallest absolute Gasteiger partial charge is 0.326 e. The van der Waals surface area contributed by atoms with Crippen LogP contribution < -0.4 is 44.6 Å².